The number of carbonyl (C=O) groups excluding carboxylic acids is 1. The van der Waals surface area contributed by atoms with Gasteiger partial charge in [-0.2, -0.15) is 0 Å². The van der Waals surface area contributed by atoms with Crippen LogP contribution in [0.1, 0.15) is 0 Å². The van der Waals surface area contributed by atoms with Crippen molar-refractivity contribution < 1.29 is 14.6 Å². The number of ether oxygens (including phenoxy) is 1. The molecule has 94 valence electrons. The van der Waals surface area contributed by atoms with Gasteiger partial charge in [0.05, 0.1) is 19.2 Å². The standard InChI is InChI=1S/C11H12N4O3/c1-18-10(17)9(6-16)13-11-12-7-4-2-3-5-8(7)14-15-11/h2-5,9,16H,6H2,1H3,(H,12,13,15). The molecule has 1 atom stereocenters. The number of para-hydroxylation sites is 1. The minimum Gasteiger partial charge on any atom is -0.467 e. The zero-order chi connectivity index (χ0) is 13.0. The Morgan fingerprint density at radius 3 is 2.78 bits per heavy atom. The van der Waals surface area contributed by atoms with E-state index in [0.29, 0.717) is 11.0 Å². The second-order valence-electron chi connectivity index (χ2n) is 3.53. The molecule has 7 heteroatoms. The number of aromatic nitrogens is 3. The van der Waals surface area contributed by atoms with Gasteiger partial charge >= 0.3 is 5.97 Å². The third-order valence-electron chi connectivity index (χ3n) is 2.33. The van der Waals surface area contributed by atoms with E-state index in [2.05, 4.69) is 25.2 Å². The quantitative estimate of drug-likeness (QED) is 0.733. The fourth-order valence-electron chi connectivity index (χ4n) is 1.42. The van der Waals surface area contributed by atoms with E-state index in [1.165, 1.54) is 7.11 Å². The van der Waals surface area contributed by atoms with Crippen molar-refractivity contribution in [3.05, 3.63) is 24.3 Å². The first-order chi connectivity index (χ1) is 8.74. The molecule has 0 aliphatic carbocycles. The summed E-state index contributed by atoms with van der Waals surface area (Å²) >= 11 is 0. The summed E-state index contributed by atoms with van der Waals surface area (Å²) in [5.74, 6) is -0.424. The molecule has 0 spiro atoms. The monoisotopic (exact) mass is 248 g/mol. The van der Waals surface area contributed by atoms with Crippen LogP contribution in [-0.2, 0) is 9.53 Å². The van der Waals surface area contributed by atoms with Crippen molar-refractivity contribution in [2.75, 3.05) is 19.0 Å². The fourth-order valence-corrected chi connectivity index (χ4v) is 1.42. The van der Waals surface area contributed by atoms with Gasteiger partial charge in [-0.15, -0.1) is 10.2 Å². The van der Waals surface area contributed by atoms with E-state index in [0.717, 1.165) is 0 Å². The van der Waals surface area contributed by atoms with Crippen molar-refractivity contribution in [1.82, 2.24) is 15.2 Å². The molecule has 0 aliphatic heterocycles. The SMILES string of the molecule is COC(=O)C(CO)Nc1nnc2ccccc2n1. The highest BCUT2D eigenvalue weighted by molar-refractivity contribution is 5.79. The minimum absolute atomic E-state index is 0.165. The Labute approximate surface area is 103 Å². The number of rotatable bonds is 4. The van der Waals surface area contributed by atoms with Gasteiger partial charge in [0.15, 0.2) is 6.04 Å². The molecule has 18 heavy (non-hydrogen) atoms. The van der Waals surface area contributed by atoms with Crippen molar-refractivity contribution >= 4 is 23.0 Å². The predicted molar refractivity (Wildman–Crippen MR) is 63.8 cm³/mol. The molecule has 0 amide bonds. The zero-order valence-electron chi connectivity index (χ0n) is 9.70. The number of anilines is 1. The van der Waals surface area contributed by atoms with Gasteiger partial charge in [-0.1, -0.05) is 12.1 Å². The van der Waals surface area contributed by atoms with E-state index in [1.54, 1.807) is 12.1 Å². The van der Waals surface area contributed by atoms with Crippen molar-refractivity contribution in [3.63, 3.8) is 0 Å². The topological polar surface area (TPSA) is 97.2 Å². The first kappa shape index (κ1) is 12.2. The van der Waals surface area contributed by atoms with Gasteiger partial charge in [-0.3, -0.25) is 0 Å². The molecule has 0 fully saturated rings. The van der Waals surface area contributed by atoms with Crippen LogP contribution in [-0.4, -0.2) is 46.0 Å². The molecule has 0 saturated carbocycles. The maximum atomic E-state index is 11.3. The van der Waals surface area contributed by atoms with Crippen LogP contribution < -0.4 is 5.32 Å². The maximum Gasteiger partial charge on any atom is 0.330 e. The van der Waals surface area contributed by atoms with Crippen LogP contribution in [0.4, 0.5) is 5.95 Å². The lowest BCUT2D eigenvalue weighted by Gasteiger charge is -2.13. The molecule has 0 bridgehead atoms. The van der Waals surface area contributed by atoms with Gasteiger partial charge in [0.25, 0.3) is 0 Å². The Hall–Kier alpha value is -2.28. The molecule has 1 aromatic carbocycles. The van der Waals surface area contributed by atoms with Crippen LogP contribution in [0.3, 0.4) is 0 Å². The summed E-state index contributed by atoms with van der Waals surface area (Å²) in [4.78, 5) is 15.5. The Bertz CT molecular complexity index is 561. The number of aliphatic hydroxyl groups excluding tert-OH is 1. The normalized spacial score (nSPS) is 12.1. The molecule has 2 aromatic rings. The first-order valence-electron chi connectivity index (χ1n) is 5.29. The average molecular weight is 248 g/mol. The molecule has 0 saturated heterocycles. The van der Waals surface area contributed by atoms with E-state index in [1.807, 2.05) is 12.1 Å². The third kappa shape index (κ3) is 2.51. The fraction of sp³-hybridized carbons (Fsp3) is 0.273. The molecular formula is C11H12N4O3. The van der Waals surface area contributed by atoms with E-state index in [9.17, 15) is 4.79 Å². The highest BCUT2D eigenvalue weighted by Gasteiger charge is 2.19. The van der Waals surface area contributed by atoms with E-state index >= 15 is 0 Å². The van der Waals surface area contributed by atoms with Gasteiger partial charge in [0.1, 0.15) is 5.52 Å². The zero-order valence-corrected chi connectivity index (χ0v) is 9.70. The number of hydrogen-bond donors (Lipinski definition) is 2. The first-order valence-corrected chi connectivity index (χ1v) is 5.29. The average Bonchev–Trinajstić information content (AvgIpc) is 2.43. The smallest absolute Gasteiger partial charge is 0.330 e. The summed E-state index contributed by atoms with van der Waals surface area (Å²) in [5.41, 5.74) is 1.30. The van der Waals surface area contributed by atoms with Gasteiger partial charge in [0, 0.05) is 0 Å². The number of methoxy groups -OCH3 is 1. The lowest BCUT2D eigenvalue weighted by molar-refractivity contribution is -0.142. The second-order valence-corrected chi connectivity index (χ2v) is 3.53. The maximum absolute atomic E-state index is 11.3. The molecule has 7 nitrogen and oxygen atoms in total. The van der Waals surface area contributed by atoms with Gasteiger partial charge in [-0.05, 0) is 12.1 Å². The number of carbonyl (C=O) groups is 1. The van der Waals surface area contributed by atoms with Crippen LogP contribution in [0.25, 0.3) is 11.0 Å². The number of nitrogens with one attached hydrogen (secondary N) is 1. The van der Waals surface area contributed by atoms with Gasteiger partial charge in [0.2, 0.25) is 5.95 Å². The highest BCUT2D eigenvalue weighted by atomic mass is 16.5. The molecule has 0 aliphatic rings. The van der Waals surface area contributed by atoms with Gasteiger partial charge < -0.3 is 15.2 Å². The number of fused-ring (bicyclic) bond motifs is 1. The molecule has 0 radical (unpaired) electrons. The van der Waals surface area contributed by atoms with Crippen LogP contribution in [0, 0.1) is 0 Å². The van der Waals surface area contributed by atoms with Gasteiger partial charge in [-0.25, -0.2) is 9.78 Å². The summed E-state index contributed by atoms with van der Waals surface area (Å²) in [6.45, 7) is -0.414. The summed E-state index contributed by atoms with van der Waals surface area (Å²) in [5, 5.41) is 19.5. The van der Waals surface area contributed by atoms with Crippen LogP contribution >= 0.6 is 0 Å². The molecule has 1 heterocycles. The van der Waals surface area contributed by atoms with Crippen LogP contribution in [0.15, 0.2) is 24.3 Å². The molecule has 2 rings (SSSR count). The second kappa shape index (κ2) is 5.37. The Kier molecular flexibility index (Phi) is 3.63. The van der Waals surface area contributed by atoms with Crippen molar-refractivity contribution in [2.45, 2.75) is 6.04 Å². The highest BCUT2D eigenvalue weighted by Crippen LogP contribution is 2.09. The number of esters is 1. The van der Waals surface area contributed by atoms with Crippen LogP contribution in [0.5, 0.6) is 0 Å². The van der Waals surface area contributed by atoms with E-state index in [4.69, 9.17) is 5.11 Å². The lowest BCUT2D eigenvalue weighted by atomic mass is 10.3. The molecular weight excluding hydrogens is 236 g/mol. The number of nitrogens with zero attached hydrogens (tertiary/aromatic N) is 3. The number of benzene rings is 1. The van der Waals surface area contributed by atoms with Crippen molar-refractivity contribution in [2.24, 2.45) is 0 Å². The lowest BCUT2D eigenvalue weighted by Crippen LogP contribution is -2.34. The van der Waals surface area contributed by atoms with Crippen molar-refractivity contribution in [3.8, 4) is 0 Å². The summed E-state index contributed by atoms with van der Waals surface area (Å²) in [7, 11) is 1.24. The van der Waals surface area contributed by atoms with E-state index in [-0.39, 0.29) is 5.95 Å². The molecule has 2 N–H and O–H groups in total. The largest absolute Gasteiger partial charge is 0.467 e. The Balaban J connectivity index is 2.23. The summed E-state index contributed by atoms with van der Waals surface area (Å²) in [6, 6.07) is 6.31. The Morgan fingerprint density at radius 1 is 1.39 bits per heavy atom. The van der Waals surface area contributed by atoms with E-state index < -0.39 is 18.6 Å². The number of aliphatic hydroxyl groups is 1. The van der Waals surface area contributed by atoms with Crippen molar-refractivity contribution in [1.29, 1.82) is 0 Å². The third-order valence-corrected chi connectivity index (χ3v) is 2.33. The predicted octanol–water partition coefficient (Wildman–Crippen LogP) is -0.0294. The van der Waals surface area contributed by atoms with Crippen LogP contribution in [0.2, 0.25) is 0 Å². The number of hydrogen-bond acceptors (Lipinski definition) is 7. The minimum atomic E-state index is -0.905. The molecule has 1 aromatic heterocycles. The summed E-state index contributed by atoms with van der Waals surface area (Å²) in [6.07, 6.45) is 0. The molecule has 1 unspecified atom stereocenters. The Morgan fingerprint density at radius 2 is 2.11 bits per heavy atom. The summed E-state index contributed by atoms with van der Waals surface area (Å²) < 4.78 is 4.53.